The predicted molar refractivity (Wildman–Crippen MR) is 118 cm³/mol. The Morgan fingerprint density at radius 1 is 0.815 bits per heavy atom. The maximum Gasteiger partial charge on any atom is 0.225 e. The molecular weight excluding hydrogens is 336 g/mol. The Hall–Kier alpha value is -1.43. The lowest BCUT2D eigenvalue weighted by molar-refractivity contribution is 0.349. The van der Waals surface area contributed by atoms with Crippen LogP contribution in [-0.2, 0) is 0 Å². The quantitative estimate of drug-likeness (QED) is 0.675. The van der Waals surface area contributed by atoms with Gasteiger partial charge in [0.1, 0.15) is 5.82 Å². The molecule has 0 radical (unpaired) electrons. The van der Waals surface area contributed by atoms with E-state index < -0.39 is 0 Å². The first kappa shape index (κ1) is 25.6. The van der Waals surface area contributed by atoms with E-state index >= 15 is 0 Å². The Morgan fingerprint density at radius 3 is 1.56 bits per heavy atom. The van der Waals surface area contributed by atoms with Crippen molar-refractivity contribution < 1.29 is 0 Å². The van der Waals surface area contributed by atoms with Crippen molar-refractivity contribution in [3.63, 3.8) is 0 Å². The highest BCUT2D eigenvalue weighted by atomic mass is 15.1. The minimum Gasteiger partial charge on any atom is -0.368 e. The molecule has 2 fully saturated rings. The average Bonchev–Trinajstić information content (AvgIpc) is 2.70. The van der Waals surface area contributed by atoms with E-state index in [0.717, 1.165) is 12.0 Å². The molecule has 6 nitrogen and oxygen atoms in total. The molecule has 2 saturated carbocycles. The zero-order chi connectivity index (χ0) is 20.5. The summed E-state index contributed by atoms with van der Waals surface area (Å²) in [5.74, 6) is 1.96. The van der Waals surface area contributed by atoms with Crippen molar-refractivity contribution in [2.24, 2.45) is 5.92 Å². The molecular formula is C21H44N6. The molecule has 0 aliphatic heterocycles. The maximum atomic E-state index is 5.22. The van der Waals surface area contributed by atoms with E-state index in [9.17, 15) is 0 Å². The number of nitrogens with two attached hydrogens (primary N) is 2. The van der Waals surface area contributed by atoms with Gasteiger partial charge in [0.05, 0.1) is 0 Å². The lowest BCUT2D eigenvalue weighted by Crippen LogP contribution is -2.26. The lowest BCUT2D eigenvalue weighted by Gasteiger charge is -2.20. The molecule has 0 saturated heterocycles. The number of nitrogens with one attached hydrogen (secondary N) is 1. The Kier molecular flexibility index (Phi) is 15.8. The van der Waals surface area contributed by atoms with Gasteiger partial charge in [-0.15, -0.1) is 0 Å². The van der Waals surface area contributed by atoms with Crippen LogP contribution in [0.3, 0.4) is 0 Å². The van der Waals surface area contributed by atoms with E-state index in [4.69, 9.17) is 11.5 Å². The van der Waals surface area contributed by atoms with E-state index in [-0.39, 0.29) is 11.9 Å². The Balaban J connectivity index is 0.000000359. The molecule has 2 aliphatic rings. The molecule has 0 bridgehead atoms. The molecule has 0 aromatic carbocycles. The summed E-state index contributed by atoms with van der Waals surface area (Å²) in [6.07, 6.45) is 16.1. The number of anilines is 2. The van der Waals surface area contributed by atoms with Gasteiger partial charge in [0.15, 0.2) is 0 Å². The summed E-state index contributed by atoms with van der Waals surface area (Å²) in [6, 6.07) is 0.837. The smallest absolute Gasteiger partial charge is 0.225 e. The third-order valence-electron chi connectivity index (χ3n) is 5.10. The number of hydrogen-bond acceptors (Lipinski definition) is 6. The van der Waals surface area contributed by atoms with Gasteiger partial charge in [0, 0.05) is 6.04 Å². The first-order valence-corrected chi connectivity index (χ1v) is 11.0. The van der Waals surface area contributed by atoms with Crippen LogP contribution in [0.2, 0.25) is 0 Å². The van der Waals surface area contributed by atoms with Crippen LogP contribution in [0.1, 0.15) is 97.2 Å². The highest BCUT2D eigenvalue weighted by Crippen LogP contribution is 2.25. The number of rotatable bonds is 2. The summed E-state index contributed by atoms with van der Waals surface area (Å²) in [4.78, 5) is 11.0. The number of nitrogen functional groups attached to an aromatic ring is 2. The van der Waals surface area contributed by atoms with Crippen molar-refractivity contribution >= 4 is 11.9 Å². The van der Waals surface area contributed by atoms with Gasteiger partial charge in [-0.2, -0.15) is 15.0 Å². The van der Waals surface area contributed by atoms with Gasteiger partial charge in [-0.3, -0.25) is 0 Å². The summed E-state index contributed by atoms with van der Waals surface area (Å²) in [6.45, 7) is 8.02. The van der Waals surface area contributed by atoms with Crippen LogP contribution < -0.4 is 16.8 Å². The summed E-state index contributed by atoms with van der Waals surface area (Å²) >= 11 is 0. The number of aryl methyl sites for hydroxylation is 1. The molecule has 6 heteroatoms. The maximum absolute atomic E-state index is 5.22. The summed E-state index contributed by atoms with van der Waals surface area (Å²) in [7, 11) is 2.07. The Morgan fingerprint density at radius 2 is 1.26 bits per heavy atom. The van der Waals surface area contributed by atoms with Crippen LogP contribution in [0.5, 0.6) is 0 Å². The van der Waals surface area contributed by atoms with Crippen molar-refractivity contribution in [1.82, 2.24) is 20.3 Å². The van der Waals surface area contributed by atoms with Crippen molar-refractivity contribution in [2.45, 2.75) is 104 Å². The van der Waals surface area contributed by atoms with Crippen molar-refractivity contribution in [1.29, 1.82) is 0 Å². The summed E-state index contributed by atoms with van der Waals surface area (Å²) in [5, 5.41) is 3.30. The SMILES string of the molecule is CC.CCC1CCCCC1.CNC1CCCCC1.Cc1nc(N)nc(N)n1. The van der Waals surface area contributed by atoms with E-state index in [1.165, 1.54) is 70.6 Å². The van der Waals surface area contributed by atoms with Crippen LogP contribution >= 0.6 is 0 Å². The molecule has 27 heavy (non-hydrogen) atoms. The third-order valence-corrected chi connectivity index (χ3v) is 5.10. The zero-order valence-electron chi connectivity index (χ0n) is 18.4. The zero-order valence-corrected chi connectivity index (χ0v) is 18.4. The second-order valence-corrected chi connectivity index (χ2v) is 7.13. The van der Waals surface area contributed by atoms with Crippen LogP contribution in [0.25, 0.3) is 0 Å². The summed E-state index contributed by atoms with van der Waals surface area (Å²) < 4.78 is 0. The van der Waals surface area contributed by atoms with Gasteiger partial charge in [0.25, 0.3) is 0 Å². The van der Waals surface area contributed by atoms with E-state index in [2.05, 4.69) is 34.2 Å². The highest BCUT2D eigenvalue weighted by molar-refractivity contribution is 5.25. The predicted octanol–water partition coefficient (Wildman–Crippen LogP) is 4.89. The van der Waals surface area contributed by atoms with Crippen molar-refractivity contribution in [2.75, 3.05) is 18.5 Å². The fourth-order valence-electron chi connectivity index (χ4n) is 3.51. The fourth-order valence-corrected chi connectivity index (χ4v) is 3.51. The number of aromatic nitrogens is 3. The highest BCUT2D eigenvalue weighted by Gasteiger charge is 2.10. The molecule has 0 unspecified atom stereocenters. The minimum absolute atomic E-state index is 0.167. The van der Waals surface area contributed by atoms with Gasteiger partial charge in [-0.1, -0.05) is 78.6 Å². The van der Waals surface area contributed by atoms with Crippen LogP contribution in [-0.4, -0.2) is 28.0 Å². The minimum atomic E-state index is 0.167. The van der Waals surface area contributed by atoms with Crippen molar-refractivity contribution in [3.8, 4) is 0 Å². The van der Waals surface area contributed by atoms with Crippen molar-refractivity contribution in [3.05, 3.63) is 5.82 Å². The molecule has 1 heterocycles. The number of hydrogen-bond donors (Lipinski definition) is 3. The van der Waals surface area contributed by atoms with Crippen LogP contribution in [0.15, 0.2) is 0 Å². The Labute approximate surface area is 167 Å². The van der Waals surface area contributed by atoms with Gasteiger partial charge in [-0.05, 0) is 32.7 Å². The van der Waals surface area contributed by atoms with E-state index in [1.54, 1.807) is 6.92 Å². The summed E-state index contributed by atoms with van der Waals surface area (Å²) in [5.41, 5.74) is 10.4. The van der Waals surface area contributed by atoms with Crippen LogP contribution in [0, 0.1) is 12.8 Å². The molecule has 2 aliphatic carbocycles. The van der Waals surface area contributed by atoms with E-state index in [1.807, 2.05) is 13.8 Å². The molecule has 0 amide bonds. The molecule has 1 aromatic heterocycles. The van der Waals surface area contributed by atoms with Gasteiger partial charge < -0.3 is 16.8 Å². The molecule has 5 N–H and O–H groups in total. The van der Waals surface area contributed by atoms with Crippen LogP contribution in [0.4, 0.5) is 11.9 Å². The fraction of sp³-hybridized carbons (Fsp3) is 0.857. The Bertz CT molecular complexity index is 386. The normalized spacial score (nSPS) is 17.4. The standard InChI is InChI=1S/C8H16.C7H15N.C4H7N5.C2H6/c1-2-8-6-4-3-5-7-8;1-8-7-5-3-2-4-6-7;1-2-7-3(5)9-4(6)8-2;1-2/h8H,2-7H2,1H3;7-8H,2-6H2,1H3;1H3,(H4,5,6,7,8,9);1-2H3. The van der Waals surface area contributed by atoms with Gasteiger partial charge in [0.2, 0.25) is 11.9 Å². The molecule has 0 atom stereocenters. The van der Waals surface area contributed by atoms with E-state index in [0.29, 0.717) is 5.82 Å². The topological polar surface area (TPSA) is 103 Å². The average molecular weight is 381 g/mol. The first-order valence-electron chi connectivity index (χ1n) is 11.0. The lowest BCUT2D eigenvalue weighted by atomic mass is 9.88. The third kappa shape index (κ3) is 13.4. The molecule has 0 spiro atoms. The van der Waals surface area contributed by atoms with Gasteiger partial charge >= 0.3 is 0 Å². The molecule has 158 valence electrons. The molecule has 3 rings (SSSR count). The largest absolute Gasteiger partial charge is 0.368 e. The first-order chi connectivity index (χ1) is 13.0. The number of nitrogens with zero attached hydrogens (tertiary/aromatic N) is 3. The monoisotopic (exact) mass is 380 g/mol. The second-order valence-electron chi connectivity index (χ2n) is 7.13. The van der Waals surface area contributed by atoms with Gasteiger partial charge in [-0.25, -0.2) is 0 Å². The second kappa shape index (κ2) is 16.7. The molecule has 1 aromatic rings.